The molecule has 0 aliphatic heterocycles. The first-order chi connectivity index (χ1) is 38.5. The van der Waals surface area contributed by atoms with Gasteiger partial charge in [-0.05, 0) is 83.5 Å². The Kier molecular flexibility index (Phi) is 65.9. The maximum absolute atomic E-state index is 12.4. The van der Waals surface area contributed by atoms with E-state index in [1.54, 1.807) is 6.08 Å². The van der Waals surface area contributed by atoms with Gasteiger partial charge in [0.2, 0.25) is 5.91 Å². The highest BCUT2D eigenvalue weighted by atomic mass is 16.5. The molecule has 0 aromatic heterocycles. The number of rotatable bonds is 66. The highest BCUT2D eigenvalue weighted by Crippen LogP contribution is 2.18. The number of carbonyl (C=O) groups excluding carboxylic acids is 2. The summed E-state index contributed by atoms with van der Waals surface area (Å²) in [5, 5.41) is 23.0. The fourth-order valence-electron chi connectivity index (χ4n) is 11.0. The van der Waals surface area contributed by atoms with Crippen molar-refractivity contribution in [1.29, 1.82) is 0 Å². The van der Waals surface area contributed by atoms with Gasteiger partial charge in [-0.2, -0.15) is 0 Å². The van der Waals surface area contributed by atoms with Gasteiger partial charge in [0.15, 0.2) is 0 Å². The second-order valence-electron chi connectivity index (χ2n) is 24.2. The number of aliphatic hydroxyl groups excluding tert-OH is 2. The van der Waals surface area contributed by atoms with Crippen molar-refractivity contribution in [3.63, 3.8) is 0 Å². The summed E-state index contributed by atoms with van der Waals surface area (Å²) < 4.78 is 5.49. The Morgan fingerprint density at radius 2 is 0.603 bits per heavy atom. The molecule has 460 valence electrons. The molecule has 0 radical (unpaired) electrons. The Hall–Kier alpha value is -1.92. The van der Waals surface area contributed by atoms with Gasteiger partial charge in [-0.1, -0.05) is 326 Å². The quantitative estimate of drug-likeness (QED) is 0.0320. The van der Waals surface area contributed by atoms with Crippen LogP contribution < -0.4 is 5.32 Å². The third-order valence-electron chi connectivity index (χ3n) is 16.4. The summed E-state index contributed by atoms with van der Waals surface area (Å²) in [5.74, 6) is -0.0521. The minimum atomic E-state index is -0.839. The molecule has 0 saturated carbocycles. The van der Waals surface area contributed by atoms with Crippen molar-refractivity contribution in [1.82, 2.24) is 5.32 Å². The van der Waals surface area contributed by atoms with Crippen molar-refractivity contribution in [3.8, 4) is 0 Å². The van der Waals surface area contributed by atoms with E-state index in [2.05, 4.69) is 43.5 Å². The molecule has 78 heavy (non-hydrogen) atoms. The van der Waals surface area contributed by atoms with Crippen molar-refractivity contribution >= 4 is 11.9 Å². The smallest absolute Gasteiger partial charge is 0.305 e. The number of allylic oxidation sites excluding steroid dienone is 5. The number of aliphatic hydroxyl groups is 2. The fraction of sp³-hybridized carbons (Fsp3) is 0.889. The van der Waals surface area contributed by atoms with Crippen LogP contribution in [0, 0.1) is 0 Å². The van der Waals surface area contributed by atoms with Crippen LogP contribution in [0.25, 0.3) is 0 Å². The van der Waals surface area contributed by atoms with Gasteiger partial charge in [0, 0.05) is 12.8 Å². The highest BCUT2D eigenvalue weighted by Gasteiger charge is 2.18. The first kappa shape index (κ1) is 76.1. The summed E-state index contributed by atoms with van der Waals surface area (Å²) in [6.45, 7) is 4.89. The van der Waals surface area contributed by atoms with Gasteiger partial charge in [0.25, 0.3) is 0 Å². The number of ether oxygens (including phenoxy) is 1. The summed E-state index contributed by atoms with van der Waals surface area (Å²) in [7, 11) is 0. The van der Waals surface area contributed by atoms with Crippen LogP contribution in [0.2, 0.25) is 0 Å². The van der Waals surface area contributed by atoms with E-state index >= 15 is 0 Å². The third-order valence-corrected chi connectivity index (χ3v) is 16.4. The average Bonchev–Trinajstić information content (AvgIpc) is 3.44. The number of nitrogens with one attached hydrogen (secondary N) is 1. The molecule has 0 aliphatic carbocycles. The van der Waals surface area contributed by atoms with E-state index in [4.69, 9.17) is 4.74 Å². The van der Waals surface area contributed by atoms with Crippen LogP contribution >= 0.6 is 0 Å². The molecule has 2 unspecified atom stereocenters. The van der Waals surface area contributed by atoms with Gasteiger partial charge in [-0.25, -0.2) is 0 Å². The second-order valence-corrected chi connectivity index (χ2v) is 24.2. The molecule has 6 nitrogen and oxygen atoms in total. The topological polar surface area (TPSA) is 95.9 Å². The Bertz CT molecular complexity index is 1260. The van der Waals surface area contributed by atoms with Crippen molar-refractivity contribution in [3.05, 3.63) is 36.5 Å². The lowest BCUT2D eigenvalue weighted by molar-refractivity contribution is -0.143. The van der Waals surface area contributed by atoms with Gasteiger partial charge in [-0.3, -0.25) is 9.59 Å². The molecule has 0 fully saturated rings. The molecule has 3 N–H and O–H groups in total. The normalized spacial score (nSPS) is 12.7. The molecule has 0 spiro atoms. The van der Waals surface area contributed by atoms with Crippen LogP contribution in [0.1, 0.15) is 386 Å². The van der Waals surface area contributed by atoms with E-state index in [9.17, 15) is 19.8 Å². The van der Waals surface area contributed by atoms with Crippen molar-refractivity contribution in [2.75, 3.05) is 13.2 Å². The Labute approximate surface area is 487 Å². The van der Waals surface area contributed by atoms with Gasteiger partial charge < -0.3 is 20.3 Å². The van der Waals surface area contributed by atoms with Gasteiger partial charge in [0.05, 0.1) is 25.4 Å². The molecule has 0 aromatic carbocycles. The molecule has 0 heterocycles. The maximum atomic E-state index is 12.4. The molecule has 0 saturated heterocycles. The molecule has 0 aliphatic rings. The molecule has 0 bridgehead atoms. The molecule has 0 rings (SSSR count). The number of amides is 1. The monoisotopic (exact) mass is 1100 g/mol. The van der Waals surface area contributed by atoms with Crippen LogP contribution in [-0.2, 0) is 14.3 Å². The first-order valence-electron chi connectivity index (χ1n) is 35.3. The molecule has 2 atom stereocenters. The largest absolute Gasteiger partial charge is 0.466 e. The summed E-state index contributed by atoms with van der Waals surface area (Å²) >= 11 is 0. The lowest BCUT2D eigenvalue weighted by atomic mass is 10.0. The molecular weight excluding hydrogens is 959 g/mol. The van der Waals surface area contributed by atoms with Crippen molar-refractivity contribution in [2.45, 2.75) is 398 Å². The summed E-state index contributed by atoms with van der Waals surface area (Å²) in [6.07, 6.45) is 86.8. The summed E-state index contributed by atoms with van der Waals surface area (Å²) in [4.78, 5) is 24.5. The van der Waals surface area contributed by atoms with Crippen LogP contribution in [-0.4, -0.2) is 47.4 Å². The predicted octanol–water partition coefficient (Wildman–Crippen LogP) is 22.7. The molecule has 1 amide bonds. The number of unbranched alkanes of at least 4 members (excludes halogenated alkanes) is 51. The van der Waals surface area contributed by atoms with Crippen LogP contribution in [0.15, 0.2) is 36.5 Å². The standard InChI is InChI=1S/C72H137NO5/c1-3-5-7-9-11-13-14-15-39-43-46-50-54-58-62-66-72(77)78-67-63-59-55-51-47-44-41-38-36-34-32-30-28-26-24-22-20-18-16-17-19-21-23-25-27-29-31-33-35-37-40-42-45-49-53-57-61-65-71(76)73-69(68-74)70(75)64-60-56-52-48-12-10-8-6-4-2/h15-16,18,39,60,64,69-70,74-75H,3-14,17,19-38,40-59,61-63,65-68H2,1-2H3,(H,73,76)/b18-16-,39-15-,64-60+. The van der Waals surface area contributed by atoms with E-state index in [0.717, 1.165) is 44.9 Å². The molecular formula is C72H137NO5. The first-order valence-corrected chi connectivity index (χ1v) is 35.3. The van der Waals surface area contributed by atoms with E-state index in [1.807, 2.05) is 6.08 Å². The Morgan fingerprint density at radius 1 is 0.346 bits per heavy atom. The minimum absolute atomic E-state index is 0.0135. The van der Waals surface area contributed by atoms with E-state index in [1.165, 1.54) is 315 Å². The van der Waals surface area contributed by atoms with E-state index in [0.29, 0.717) is 19.4 Å². The Balaban J connectivity index is 3.31. The van der Waals surface area contributed by atoms with Crippen LogP contribution in [0.5, 0.6) is 0 Å². The lowest BCUT2D eigenvalue weighted by Gasteiger charge is -2.20. The van der Waals surface area contributed by atoms with Crippen molar-refractivity contribution in [2.24, 2.45) is 0 Å². The van der Waals surface area contributed by atoms with Crippen LogP contribution in [0.3, 0.4) is 0 Å². The van der Waals surface area contributed by atoms with E-state index < -0.39 is 12.1 Å². The molecule has 0 aromatic rings. The summed E-state index contributed by atoms with van der Waals surface area (Å²) in [5.41, 5.74) is 0. The number of carbonyl (C=O) groups is 2. The predicted molar refractivity (Wildman–Crippen MR) is 343 cm³/mol. The number of esters is 1. The Morgan fingerprint density at radius 3 is 0.910 bits per heavy atom. The highest BCUT2D eigenvalue weighted by molar-refractivity contribution is 5.76. The zero-order chi connectivity index (χ0) is 56.4. The second kappa shape index (κ2) is 67.6. The third kappa shape index (κ3) is 63.3. The van der Waals surface area contributed by atoms with E-state index in [-0.39, 0.29) is 18.5 Å². The lowest BCUT2D eigenvalue weighted by Crippen LogP contribution is -2.45. The average molecular weight is 1100 g/mol. The number of hydrogen-bond donors (Lipinski definition) is 3. The molecule has 6 heteroatoms. The minimum Gasteiger partial charge on any atom is -0.466 e. The fourth-order valence-corrected chi connectivity index (χ4v) is 11.0. The van der Waals surface area contributed by atoms with Gasteiger partial charge in [-0.15, -0.1) is 0 Å². The zero-order valence-corrected chi connectivity index (χ0v) is 52.7. The van der Waals surface area contributed by atoms with Gasteiger partial charge in [0.1, 0.15) is 0 Å². The van der Waals surface area contributed by atoms with Crippen molar-refractivity contribution < 1.29 is 24.5 Å². The zero-order valence-electron chi connectivity index (χ0n) is 52.7. The SMILES string of the molecule is CCCCCCCC/C=C\CCCCCCCC(=O)OCCCCCCCCCCCCCCCCCC/C=C\CCCCCCCCCCCCCCCCCCCC(=O)NC(CO)C(O)/C=C/CCCCCCCCC. The maximum Gasteiger partial charge on any atom is 0.305 e. The number of hydrogen-bond acceptors (Lipinski definition) is 5. The van der Waals surface area contributed by atoms with Crippen LogP contribution in [0.4, 0.5) is 0 Å². The van der Waals surface area contributed by atoms with Gasteiger partial charge >= 0.3 is 5.97 Å². The summed E-state index contributed by atoms with van der Waals surface area (Å²) in [6, 6.07) is -0.622.